The summed E-state index contributed by atoms with van der Waals surface area (Å²) in [5.74, 6) is -1.05. The summed E-state index contributed by atoms with van der Waals surface area (Å²) in [5.41, 5.74) is 1.83. The van der Waals surface area contributed by atoms with E-state index in [1.165, 1.54) is 12.1 Å². The molecule has 0 aliphatic rings. The molecule has 1 N–H and O–H groups in total. The van der Waals surface area contributed by atoms with E-state index in [0.29, 0.717) is 12.0 Å². The molecule has 2 aromatic carbocycles. The Bertz CT molecular complexity index is 581. The van der Waals surface area contributed by atoms with Gasteiger partial charge in [-0.3, -0.25) is 0 Å². The van der Waals surface area contributed by atoms with Crippen LogP contribution in [0.25, 0.3) is 0 Å². The monoisotopic (exact) mass is 401 g/mol. The highest BCUT2D eigenvalue weighted by atomic mass is 127. The van der Waals surface area contributed by atoms with Gasteiger partial charge < -0.3 is 5.32 Å². The van der Waals surface area contributed by atoms with Gasteiger partial charge in [-0.15, -0.1) is 0 Å². The van der Waals surface area contributed by atoms with Gasteiger partial charge in [0.15, 0.2) is 0 Å². The van der Waals surface area contributed by atoms with Crippen molar-refractivity contribution in [2.24, 2.45) is 0 Å². The Morgan fingerprint density at radius 3 is 2.38 bits per heavy atom. The molecule has 0 heterocycles. The quantitative estimate of drug-likeness (QED) is 0.683. The average molecular weight is 401 g/mol. The van der Waals surface area contributed by atoms with Crippen LogP contribution in [0.2, 0.25) is 0 Å². The first-order valence-electron chi connectivity index (χ1n) is 7.03. The molecule has 0 amide bonds. The molecule has 0 aliphatic carbocycles. The molecule has 1 unspecified atom stereocenters. The summed E-state index contributed by atoms with van der Waals surface area (Å²) in [4.78, 5) is 0. The first kappa shape index (κ1) is 16.4. The summed E-state index contributed by atoms with van der Waals surface area (Å²) in [6, 6.07) is 11.9. The van der Waals surface area contributed by atoms with Gasteiger partial charge in [-0.25, -0.2) is 8.78 Å². The van der Waals surface area contributed by atoms with Crippen LogP contribution >= 0.6 is 22.6 Å². The van der Waals surface area contributed by atoms with Gasteiger partial charge in [0, 0.05) is 15.7 Å². The minimum Gasteiger partial charge on any atom is -0.310 e. The minimum absolute atomic E-state index is 0.0549. The second-order valence-electron chi connectivity index (χ2n) is 5.01. The van der Waals surface area contributed by atoms with Gasteiger partial charge in [0.1, 0.15) is 11.6 Å². The van der Waals surface area contributed by atoms with E-state index in [1.54, 1.807) is 0 Å². The van der Waals surface area contributed by atoms with Crippen molar-refractivity contribution in [2.75, 3.05) is 6.54 Å². The molecule has 21 heavy (non-hydrogen) atoms. The summed E-state index contributed by atoms with van der Waals surface area (Å²) in [6.07, 6.45) is 1.58. The van der Waals surface area contributed by atoms with E-state index in [4.69, 9.17) is 0 Å². The van der Waals surface area contributed by atoms with Gasteiger partial charge in [0.05, 0.1) is 0 Å². The second kappa shape index (κ2) is 7.84. The van der Waals surface area contributed by atoms with Crippen molar-refractivity contribution in [1.82, 2.24) is 5.32 Å². The lowest BCUT2D eigenvalue weighted by atomic mass is 9.98. The maximum absolute atomic E-state index is 13.4. The van der Waals surface area contributed by atoms with Crippen molar-refractivity contribution in [1.29, 1.82) is 0 Å². The fraction of sp³-hybridized carbons (Fsp3) is 0.294. The zero-order valence-electron chi connectivity index (χ0n) is 11.9. The van der Waals surface area contributed by atoms with Crippen molar-refractivity contribution in [3.63, 3.8) is 0 Å². The van der Waals surface area contributed by atoms with Crippen LogP contribution in [-0.2, 0) is 6.42 Å². The third-order valence-corrected chi connectivity index (χ3v) is 4.27. The Labute approximate surface area is 137 Å². The number of hydrogen-bond donors (Lipinski definition) is 1. The Balaban J connectivity index is 2.26. The molecule has 4 heteroatoms. The number of rotatable bonds is 6. The summed E-state index contributed by atoms with van der Waals surface area (Å²) in [6.45, 7) is 2.97. The van der Waals surface area contributed by atoms with Gasteiger partial charge in [0.25, 0.3) is 0 Å². The Morgan fingerprint density at radius 1 is 1.10 bits per heavy atom. The summed E-state index contributed by atoms with van der Waals surface area (Å²) < 4.78 is 27.9. The molecule has 0 fully saturated rings. The van der Waals surface area contributed by atoms with Crippen LogP contribution in [0, 0.1) is 15.2 Å². The highest BCUT2D eigenvalue weighted by Gasteiger charge is 2.15. The molecule has 0 aliphatic heterocycles. The Kier molecular flexibility index (Phi) is 6.11. The average Bonchev–Trinajstić information content (AvgIpc) is 2.43. The number of nitrogens with one attached hydrogen (secondary N) is 1. The molecule has 2 rings (SSSR count). The maximum Gasteiger partial charge on any atom is 0.126 e. The highest BCUT2D eigenvalue weighted by molar-refractivity contribution is 14.1. The Morgan fingerprint density at radius 2 is 1.76 bits per heavy atom. The van der Waals surface area contributed by atoms with Gasteiger partial charge in [-0.05, 0) is 71.3 Å². The zero-order valence-corrected chi connectivity index (χ0v) is 14.0. The standard InChI is InChI=1S/C17H18F2IN/c1-2-7-21-17(15-5-3-4-6-16(15)20)10-12-8-13(18)11-14(19)9-12/h3-6,8-9,11,17,21H,2,7,10H2,1H3. The lowest BCUT2D eigenvalue weighted by Crippen LogP contribution is -2.25. The number of halogens is 3. The van der Waals surface area contributed by atoms with E-state index in [1.807, 2.05) is 18.2 Å². The topological polar surface area (TPSA) is 12.0 Å². The van der Waals surface area contributed by atoms with Crippen molar-refractivity contribution < 1.29 is 8.78 Å². The fourth-order valence-electron chi connectivity index (χ4n) is 2.33. The lowest BCUT2D eigenvalue weighted by Gasteiger charge is -2.20. The third kappa shape index (κ3) is 4.74. The second-order valence-corrected chi connectivity index (χ2v) is 6.17. The predicted octanol–water partition coefficient (Wildman–Crippen LogP) is 4.85. The predicted molar refractivity (Wildman–Crippen MR) is 90.3 cm³/mol. The van der Waals surface area contributed by atoms with Gasteiger partial charge >= 0.3 is 0 Å². The molecule has 112 valence electrons. The lowest BCUT2D eigenvalue weighted by molar-refractivity contribution is 0.521. The van der Waals surface area contributed by atoms with Crippen LogP contribution in [0.15, 0.2) is 42.5 Å². The van der Waals surface area contributed by atoms with E-state index in [-0.39, 0.29) is 6.04 Å². The molecule has 1 nitrogen and oxygen atoms in total. The van der Waals surface area contributed by atoms with E-state index in [2.05, 4.69) is 40.9 Å². The van der Waals surface area contributed by atoms with Gasteiger partial charge in [-0.2, -0.15) is 0 Å². The highest BCUT2D eigenvalue weighted by Crippen LogP contribution is 2.24. The van der Waals surface area contributed by atoms with Crippen LogP contribution < -0.4 is 5.32 Å². The first-order valence-corrected chi connectivity index (χ1v) is 8.10. The van der Waals surface area contributed by atoms with Gasteiger partial charge in [0.2, 0.25) is 0 Å². The maximum atomic E-state index is 13.4. The molecule has 1 atom stereocenters. The molecule has 0 saturated carbocycles. The SMILES string of the molecule is CCCNC(Cc1cc(F)cc(F)c1)c1ccccc1I. The normalized spacial score (nSPS) is 12.4. The Hall–Kier alpha value is -1.01. The summed E-state index contributed by atoms with van der Waals surface area (Å²) in [7, 11) is 0. The smallest absolute Gasteiger partial charge is 0.126 e. The van der Waals surface area contributed by atoms with Crippen LogP contribution in [-0.4, -0.2) is 6.54 Å². The van der Waals surface area contributed by atoms with E-state index in [9.17, 15) is 8.78 Å². The molecule has 0 radical (unpaired) electrons. The molecular weight excluding hydrogens is 383 g/mol. The van der Waals surface area contributed by atoms with Crippen LogP contribution in [0.5, 0.6) is 0 Å². The number of hydrogen-bond acceptors (Lipinski definition) is 1. The summed E-state index contributed by atoms with van der Waals surface area (Å²) >= 11 is 2.30. The van der Waals surface area contributed by atoms with Crippen molar-refractivity contribution in [3.8, 4) is 0 Å². The minimum atomic E-state index is -0.526. The van der Waals surface area contributed by atoms with Crippen molar-refractivity contribution >= 4 is 22.6 Å². The molecular formula is C17H18F2IN. The largest absolute Gasteiger partial charge is 0.310 e. The molecule has 0 spiro atoms. The summed E-state index contributed by atoms with van der Waals surface area (Å²) in [5, 5.41) is 3.46. The fourth-order valence-corrected chi connectivity index (χ4v) is 3.10. The van der Waals surface area contributed by atoms with E-state index < -0.39 is 11.6 Å². The van der Waals surface area contributed by atoms with E-state index >= 15 is 0 Å². The third-order valence-electron chi connectivity index (χ3n) is 3.28. The molecule has 2 aromatic rings. The molecule has 0 saturated heterocycles. The van der Waals surface area contributed by atoms with Crippen LogP contribution in [0.1, 0.15) is 30.5 Å². The van der Waals surface area contributed by atoms with Crippen LogP contribution in [0.4, 0.5) is 8.78 Å². The van der Waals surface area contributed by atoms with Crippen molar-refractivity contribution in [3.05, 3.63) is 68.8 Å². The molecule has 0 aromatic heterocycles. The van der Waals surface area contributed by atoms with Crippen molar-refractivity contribution in [2.45, 2.75) is 25.8 Å². The van der Waals surface area contributed by atoms with E-state index in [0.717, 1.165) is 28.2 Å². The zero-order chi connectivity index (χ0) is 15.2. The van der Waals surface area contributed by atoms with Crippen LogP contribution in [0.3, 0.4) is 0 Å². The number of benzene rings is 2. The first-order chi connectivity index (χ1) is 10.1. The van der Waals surface area contributed by atoms with Gasteiger partial charge in [-0.1, -0.05) is 25.1 Å². The molecule has 0 bridgehead atoms.